The molecule has 0 aliphatic heterocycles. The Morgan fingerprint density at radius 1 is 1.17 bits per heavy atom. The Labute approximate surface area is 149 Å². The van der Waals surface area contributed by atoms with Crippen LogP contribution >= 0.6 is 34.5 Å². The summed E-state index contributed by atoms with van der Waals surface area (Å²) in [5.74, 6) is -0.425. The summed E-state index contributed by atoms with van der Waals surface area (Å²) in [6.45, 7) is -0.0508. The SMILES string of the molecule is CN(CC(=O)Nc1c(Cl)cccc1Cl)C(=O)CCc1cccs1. The highest BCUT2D eigenvalue weighted by Gasteiger charge is 2.15. The minimum Gasteiger partial charge on any atom is -0.336 e. The zero-order chi connectivity index (χ0) is 16.8. The Morgan fingerprint density at radius 2 is 1.87 bits per heavy atom. The summed E-state index contributed by atoms with van der Waals surface area (Å²) in [7, 11) is 1.60. The molecule has 0 saturated heterocycles. The molecule has 0 atom stereocenters. The first-order chi connectivity index (χ1) is 11.0. The van der Waals surface area contributed by atoms with Crippen LogP contribution in [0.25, 0.3) is 0 Å². The zero-order valence-electron chi connectivity index (χ0n) is 12.5. The lowest BCUT2D eigenvalue weighted by molar-refractivity contribution is -0.133. The predicted octanol–water partition coefficient (Wildman–Crippen LogP) is 4.08. The summed E-state index contributed by atoms with van der Waals surface area (Å²) in [5, 5.41) is 5.33. The van der Waals surface area contributed by atoms with E-state index >= 15 is 0 Å². The first kappa shape index (κ1) is 17.8. The third-order valence-corrected chi connectivity index (χ3v) is 4.77. The molecular weight excluding hydrogens is 355 g/mol. The van der Waals surface area contributed by atoms with Crippen LogP contribution in [-0.2, 0) is 16.0 Å². The van der Waals surface area contributed by atoms with Gasteiger partial charge in [0.2, 0.25) is 11.8 Å². The van der Waals surface area contributed by atoms with E-state index in [1.165, 1.54) is 4.90 Å². The highest BCUT2D eigenvalue weighted by Crippen LogP contribution is 2.29. The number of likely N-dealkylation sites (N-methyl/N-ethyl adjacent to an activating group) is 1. The fourth-order valence-electron chi connectivity index (χ4n) is 1.98. The molecule has 1 aromatic heterocycles. The molecule has 4 nitrogen and oxygen atoms in total. The van der Waals surface area contributed by atoms with Crippen LogP contribution in [0.5, 0.6) is 0 Å². The summed E-state index contributed by atoms with van der Waals surface area (Å²) in [5.41, 5.74) is 0.361. The van der Waals surface area contributed by atoms with Crippen molar-refractivity contribution < 1.29 is 9.59 Å². The normalized spacial score (nSPS) is 10.4. The molecule has 2 rings (SSSR count). The van der Waals surface area contributed by atoms with Gasteiger partial charge in [-0.05, 0) is 30.0 Å². The fourth-order valence-corrected chi connectivity index (χ4v) is 3.18. The Hall–Kier alpha value is -1.56. The van der Waals surface area contributed by atoms with Crippen LogP contribution in [0, 0.1) is 0 Å². The minimum atomic E-state index is -0.341. The molecule has 0 radical (unpaired) electrons. The first-order valence-electron chi connectivity index (χ1n) is 6.97. The molecule has 0 fully saturated rings. The van der Waals surface area contributed by atoms with Crippen LogP contribution in [-0.4, -0.2) is 30.3 Å². The van der Waals surface area contributed by atoms with E-state index in [-0.39, 0.29) is 18.4 Å². The molecule has 1 N–H and O–H groups in total. The van der Waals surface area contributed by atoms with E-state index in [2.05, 4.69) is 5.32 Å². The number of aryl methyl sites for hydroxylation is 1. The van der Waals surface area contributed by atoms with Crippen molar-refractivity contribution in [2.24, 2.45) is 0 Å². The summed E-state index contributed by atoms with van der Waals surface area (Å²) in [4.78, 5) is 26.7. The number of hydrogen-bond donors (Lipinski definition) is 1. The van der Waals surface area contributed by atoms with E-state index in [4.69, 9.17) is 23.2 Å². The van der Waals surface area contributed by atoms with Crippen molar-refractivity contribution in [1.82, 2.24) is 4.90 Å². The van der Waals surface area contributed by atoms with Gasteiger partial charge in [0.25, 0.3) is 0 Å². The van der Waals surface area contributed by atoms with Crippen molar-refractivity contribution in [1.29, 1.82) is 0 Å². The quantitative estimate of drug-likeness (QED) is 0.832. The maximum atomic E-state index is 12.1. The Bertz CT molecular complexity index is 669. The zero-order valence-corrected chi connectivity index (χ0v) is 14.8. The number of anilines is 1. The van der Waals surface area contributed by atoms with Crippen LogP contribution in [0.3, 0.4) is 0 Å². The molecule has 1 heterocycles. The summed E-state index contributed by atoms with van der Waals surface area (Å²) < 4.78 is 0. The van der Waals surface area contributed by atoms with E-state index in [1.807, 2.05) is 17.5 Å². The Kier molecular flexibility index (Phi) is 6.45. The van der Waals surface area contributed by atoms with Crippen molar-refractivity contribution in [2.45, 2.75) is 12.8 Å². The van der Waals surface area contributed by atoms with E-state index < -0.39 is 0 Å². The van der Waals surface area contributed by atoms with Crippen molar-refractivity contribution >= 4 is 52.0 Å². The topological polar surface area (TPSA) is 49.4 Å². The average Bonchev–Trinajstić information content (AvgIpc) is 3.02. The van der Waals surface area contributed by atoms with E-state index in [1.54, 1.807) is 36.6 Å². The molecule has 23 heavy (non-hydrogen) atoms. The molecule has 2 aromatic rings. The third kappa shape index (κ3) is 5.23. The first-order valence-corrected chi connectivity index (χ1v) is 8.61. The van der Waals surface area contributed by atoms with Gasteiger partial charge in [-0.25, -0.2) is 0 Å². The molecule has 7 heteroatoms. The fraction of sp³-hybridized carbons (Fsp3) is 0.250. The molecule has 0 spiro atoms. The molecular formula is C16H16Cl2N2O2S. The number of hydrogen-bond acceptors (Lipinski definition) is 3. The molecule has 1 aromatic carbocycles. The number of nitrogens with one attached hydrogen (secondary N) is 1. The number of carbonyl (C=O) groups excluding carboxylic acids is 2. The van der Waals surface area contributed by atoms with Gasteiger partial charge in [-0.2, -0.15) is 0 Å². The number of para-hydroxylation sites is 1. The van der Waals surface area contributed by atoms with Crippen LogP contribution in [0.2, 0.25) is 10.0 Å². The van der Waals surface area contributed by atoms with Crippen molar-refractivity contribution in [3.63, 3.8) is 0 Å². The van der Waals surface area contributed by atoms with Gasteiger partial charge in [0.1, 0.15) is 0 Å². The van der Waals surface area contributed by atoms with Gasteiger partial charge >= 0.3 is 0 Å². The Balaban J connectivity index is 1.85. The number of rotatable bonds is 6. The van der Waals surface area contributed by atoms with Gasteiger partial charge < -0.3 is 10.2 Å². The second-order valence-corrected chi connectivity index (χ2v) is 6.82. The smallest absolute Gasteiger partial charge is 0.244 e. The highest BCUT2D eigenvalue weighted by atomic mass is 35.5. The minimum absolute atomic E-state index is 0.0508. The third-order valence-electron chi connectivity index (χ3n) is 3.20. The van der Waals surface area contributed by atoms with Gasteiger partial charge in [0, 0.05) is 18.3 Å². The van der Waals surface area contributed by atoms with Crippen molar-refractivity contribution in [2.75, 3.05) is 18.9 Å². The highest BCUT2D eigenvalue weighted by molar-refractivity contribution is 7.09. The molecule has 0 bridgehead atoms. The van der Waals surface area contributed by atoms with Gasteiger partial charge in [0.15, 0.2) is 0 Å². The summed E-state index contributed by atoms with van der Waals surface area (Å²) in [6.07, 6.45) is 1.05. The number of carbonyl (C=O) groups is 2. The van der Waals surface area contributed by atoms with E-state index in [0.717, 1.165) is 4.88 Å². The summed E-state index contributed by atoms with van der Waals surface area (Å²) >= 11 is 13.6. The molecule has 2 amide bonds. The average molecular weight is 371 g/mol. The van der Waals surface area contributed by atoms with Gasteiger partial charge in [-0.3, -0.25) is 9.59 Å². The molecule has 0 saturated carbocycles. The number of thiophene rings is 1. The molecule has 0 aliphatic rings. The van der Waals surface area contributed by atoms with E-state index in [9.17, 15) is 9.59 Å². The Morgan fingerprint density at radius 3 is 2.48 bits per heavy atom. The van der Waals surface area contributed by atoms with Crippen LogP contribution in [0.4, 0.5) is 5.69 Å². The lowest BCUT2D eigenvalue weighted by atomic mass is 10.2. The van der Waals surface area contributed by atoms with Gasteiger partial charge in [0.05, 0.1) is 22.3 Å². The maximum Gasteiger partial charge on any atom is 0.244 e. The van der Waals surface area contributed by atoms with E-state index in [0.29, 0.717) is 28.6 Å². The number of halogens is 2. The van der Waals surface area contributed by atoms with Crippen molar-refractivity contribution in [3.8, 4) is 0 Å². The van der Waals surface area contributed by atoms with Crippen LogP contribution < -0.4 is 5.32 Å². The van der Waals surface area contributed by atoms with Gasteiger partial charge in [-0.1, -0.05) is 35.3 Å². The molecule has 0 aliphatic carbocycles. The predicted molar refractivity (Wildman–Crippen MR) is 95.4 cm³/mol. The molecule has 0 unspecified atom stereocenters. The lowest BCUT2D eigenvalue weighted by Crippen LogP contribution is -2.35. The number of nitrogens with zero attached hydrogens (tertiary/aromatic N) is 1. The molecule has 122 valence electrons. The lowest BCUT2D eigenvalue weighted by Gasteiger charge is -2.17. The largest absolute Gasteiger partial charge is 0.336 e. The number of benzene rings is 1. The standard InChI is InChI=1S/C16H16Cl2N2O2S/c1-20(15(22)8-7-11-4-3-9-23-11)10-14(21)19-16-12(17)5-2-6-13(16)18/h2-6,9H,7-8,10H2,1H3,(H,19,21). The number of amides is 2. The summed E-state index contributed by atoms with van der Waals surface area (Å²) in [6, 6.07) is 8.91. The van der Waals surface area contributed by atoms with Crippen molar-refractivity contribution in [3.05, 3.63) is 50.6 Å². The monoisotopic (exact) mass is 370 g/mol. The maximum absolute atomic E-state index is 12.1. The second-order valence-electron chi connectivity index (χ2n) is 4.97. The second kappa shape index (κ2) is 8.34. The van der Waals surface area contributed by atoms with Crippen LogP contribution in [0.15, 0.2) is 35.7 Å². The van der Waals surface area contributed by atoms with Crippen LogP contribution in [0.1, 0.15) is 11.3 Å². The van der Waals surface area contributed by atoms with Gasteiger partial charge in [-0.15, -0.1) is 11.3 Å².